The summed E-state index contributed by atoms with van der Waals surface area (Å²) in [5.74, 6) is 0.490. The van der Waals surface area contributed by atoms with E-state index in [0.29, 0.717) is 5.92 Å². The Kier molecular flexibility index (Phi) is 6.40. The van der Waals surface area contributed by atoms with Gasteiger partial charge >= 0.3 is 31.1 Å². The summed E-state index contributed by atoms with van der Waals surface area (Å²) in [6.07, 6.45) is 2.80. The zero-order chi connectivity index (χ0) is 9.84. The Balaban J connectivity index is 0.00000169. The molecule has 0 spiro atoms. The molecule has 0 aromatic heterocycles. The second kappa shape index (κ2) is 6.43. The molecule has 14 heavy (non-hydrogen) atoms. The molecule has 0 N–H and O–H groups in total. The maximum absolute atomic E-state index is 4.18. The average Bonchev–Trinajstić information content (AvgIpc) is 2.04. The van der Waals surface area contributed by atoms with Crippen molar-refractivity contribution < 1.29 is 31.1 Å². The minimum atomic E-state index is 0. The van der Waals surface area contributed by atoms with Crippen molar-refractivity contribution in [3.63, 3.8) is 0 Å². The molecule has 1 aromatic rings. The van der Waals surface area contributed by atoms with E-state index in [2.05, 4.69) is 43.3 Å². The van der Waals surface area contributed by atoms with Crippen LogP contribution in [-0.4, -0.2) is 6.21 Å². The Hall–Kier alpha value is -0.0581. The number of nitrogens with zero attached hydrogens (tertiary/aromatic N) is 1. The molecule has 0 aliphatic carbocycles. The van der Waals surface area contributed by atoms with Crippen LogP contribution in [0.15, 0.2) is 17.1 Å². The number of benzene rings is 1. The molecule has 0 bridgehead atoms. The molecule has 72 valence electrons. The molecule has 0 saturated carbocycles. The van der Waals surface area contributed by atoms with Gasteiger partial charge in [0, 0.05) is 0 Å². The van der Waals surface area contributed by atoms with Gasteiger partial charge in [0.1, 0.15) is 0 Å². The molecule has 1 nitrogen and oxygen atoms in total. The molecule has 0 aliphatic heterocycles. The number of aliphatic imine (C=N–C) groups is 1. The van der Waals surface area contributed by atoms with Crippen LogP contribution in [0.5, 0.6) is 0 Å². The van der Waals surface area contributed by atoms with Crippen LogP contribution in [0.3, 0.4) is 0 Å². The van der Waals surface area contributed by atoms with Crippen molar-refractivity contribution >= 4 is 11.9 Å². The van der Waals surface area contributed by atoms with Gasteiger partial charge in [0.25, 0.3) is 0 Å². The van der Waals surface area contributed by atoms with Gasteiger partial charge in [-0.25, -0.2) is 11.3 Å². The Bertz CT molecular complexity index is 316. The summed E-state index contributed by atoms with van der Waals surface area (Å²) in [4.78, 5) is 4.18. The molecule has 0 heterocycles. The van der Waals surface area contributed by atoms with Crippen LogP contribution in [0.4, 0.5) is 5.69 Å². The van der Waals surface area contributed by atoms with Crippen molar-refractivity contribution in [2.75, 3.05) is 0 Å². The summed E-state index contributed by atoms with van der Waals surface area (Å²) < 4.78 is 0. The van der Waals surface area contributed by atoms with Gasteiger partial charge in [0.2, 0.25) is 0 Å². The molecule has 0 saturated heterocycles. The van der Waals surface area contributed by atoms with E-state index in [1.165, 1.54) is 5.56 Å². The van der Waals surface area contributed by atoms with Crippen molar-refractivity contribution in [1.82, 2.24) is 0 Å². The molecule has 2 heteroatoms. The van der Waals surface area contributed by atoms with E-state index in [1.54, 1.807) is 6.92 Å². The molecule has 0 aliphatic rings. The van der Waals surface area contributed by atoms with Gasteiger partial charge in [-0.1, -0.05) is 26.7 Å². The molecule has 0 fully saturated rings. The fourth-order valence-electron chi connectivity index (χ4n) is 1.26. The van der Waals surface area contributed by atoms with Crippen LogP contribution in [0, 0.1) is 44.1 Å². The molecule has 0 radical (unpaired) electrons. The third-order valence-corrected chi connectivity index (χ3v) is 1.95. The predicted molar refractivity (Wildman–Crippen MR) is 56.9 cm³/mol. The minimum Gasteiger partial charge on any atom is -0.482 e. The first-order chi connectivity index (χ1) is 6.15. The maximum atomic E-state index is 4.18. The van der Waals surface area contributed by atoms with Crippen LogP contribution >= 0.6 is 0 Å². The normalized spacial score (nSPS) is 10.6. The fraction of sp³-hybridized carbons (Fsp3) is 0.417. The Morgan fingerprint density at radius 3 is 2.50 bits per heavy atom. The number of hydrogen-bond acceptors (Lipinski definition) is 1. The summed E-state index contributed by atoms with van der Waals surface area (Å²) in [7, 11) is 0. The Morgan fingerprint density at radius 2 is 2.00 bits per heavy atom. The molecule has 1 aromatic carbocycles. The standard InChI is InChI=1S/C12H15N.U/c1-5-13-12-8-10(4)6-7-11(12)9(2)3;/h6-7,9H,1-4H3;/q-2;+2. The van der Waals surface area contributed by atoms with Crippen LogP contribution in [0.1, 0.15) is 37.8 Å². The van der Waals surface area contributed by atoms with E-state index in [4.69, 9.17) is 0 Å². The molecular weight excluding hydrogens is 396 g/mol. The van der Waals surface area contributed by atoms with Crippen molar-refractivity contribution in [1.29, 1.82) is 0 Å². The van der Waals surface area contributed by atoms with E-state index < -0.39 is 0 Å². The van der Waals surface area contributed by atoms with Crippen LogP contribution in [0.25, 0.3) is 0 Å². The van der Waals surface area contributed by atoms with Crippen molar-refractivity contribution in [2.45, 2.75) is 33.6 Å². The Labute approximate surface area is 110 Å². The van der Waals surface area contributed by atoms with Gasteiger partial charge in [0.05, 0.1) is 0 Å². The predicted octanol–water partition coefficient (Wildman–Crippen LogP) is 3.52. The first-order valence-electron chi connectivity index (χ1n) is 4.55. The minimum absolute atomic E-state index is 0. The summed E-state index contributed by atoms with van der Waals surface area (Å²) in [5.41, 5.74) is 3.29. The molecule has 0 unspecified atom stereocenters. The molecule has 0 atom stereocenters. The largest absolute Gasteiger partial charge is 2.00 e. The van der Waals surface area contributed by atoms with E-state index in [9.17, 15) is 0 Å². The zero-order valence-electron chi connectivity index (χ0n) is 9.18. The molecular formula is C12H15NU. The first-order valence-corrected chi connectivity index (χ1v) is 4.55. The van der Waals surface area contributed by atoms with Gasteiger partial charge in [-0.15, -0.1) is 6.92 Å². The summed E-state index contributed by atoms with van der Waals surface area (Å²) in [5, 5.41) is 0. The van der Waals surface area contributed by atoms with Gasteiger partial charge in [-0.2, -0.15) is 23.9 Å². The second-order valence-corrected chi connectivity index (χ2v) is 3.44. The summed E-state index contributed by atoms with van der Waals surface area (Å²) in [6.45, 7) is 8.15. The van der Waals surface area contributed by atoms with Gasteiger partial charge in [-0.05, 0) is 0 Å². The van der Waals surface area contributed by atoms with Crippen molar-refractivity contribution in [2.24, 2.45) is 4.99 Å². The number of rotatable bonds is 2. The maximum Gasteiger partial charge on any atom is 2.00 e. The van der Waals surface area contributed by atoms with Gasteiger partial charge in [0.15, 0.2) is 0 Å². The van der Waals surface area contributed by atoms with E-state index in [1.807, 2.05) is 6.92 Å². The number of aryl methyl sites for hydroxylation is 1. The van der Waals surface area contributed by atoms with Crippen molar-refractivity contribution in [3.05, 3.63) is 29.3 Å². The number of hydrogen-bond donors (Lipinski definition) is 0. The topological polar surface area (TPSA) is 12.4 Å². The van der Waals surface area contributed by atoms with Crippen molar-refractivity contribution in [3.8, 4) is 0 Å². The molecule has 1 rings (SSSR count). The second-order valence-electron chi connectivity index (χ2n) is 3.44. The quantitative estimate of drug-likeness (QED) is 0.522. The van der Waals surface area contributed by atoms with Crippen LogP contribution in [-0.2, 0) is 0 Å². The Morgan fingerprint density at radius 1 is 1.36 bits per heavy atom. The zero-order valence-corrected chi connectivity index (χ0v) is 13.3. The summed E-state index contributed by atoms with van der Waals surface area (Å²) in [6, 6.07) is 7.42. The van der Waals surface area contributed by atoms with Gasteiger partial charge < -0.3 is 4.99 Å². The van der Waals surface area contributed by atoms with E-state index in [-0.39, 0.29) is 31.1 Å². The van der Waals surface area contributed by atoms with E-state index >= 15 is 0 Å². The van der Waals surface area contributed by atoms with Crippen LogP contribution in [0.2, 0.25) is 0 Å². The first kappa shape index (κ1) is 13.9. The van der Waals surface area contributed by atoms with Gasteiger partial charge in [-0.3, -0.25) is 6.07 Å². The smallest absolute Gasteiger partial charge is 0.482 e. The monoisotopic (exact) mass is 411 g/mol. The summed E-state index contributed by atoms with van der Waals surface area (Å²) >= 11 is 0. The average molecular weight is 411 g/mol. The van der Waals surface area contributed by atoms with E-state index in [0.717, 1.165) is 11.3 Å². The third-order valence-electron chi connectivity index (χ3n) is 1.95. The third kappa shape index (κ3) is 3.60. The van der Waals surface area contributed by atoms with Crippen LogP contribution < -0.4 is 0 Å². The molecule has 0 amide bonds. The SMILES string of the molecule is C[C-]=Nc1[c-]c(C)ccc1C(C)C.[U+2]. The fourth-order valence-corrected chi connectivity index (χ4v) is 1.26.